The standard InChI is InChI=1S/C25H31N3/c1-26(2)22-13-7-19(8-14-22)25(20-9-15-23(16-10-20)27(3)4)21-11-17-24(18-12-21)28(5)6/h7-18,25H,1-6H3/i1+1,2+1,3+1,4+1,5+1,6+1. The normalized spacial score (nSPS) is 10.8. The summed E-state index contributed by atoms with van der Waals surface area (Å²) in [6.45, 7) is 0. The molecule has 0 saturated heterocycles. The minimum absolute atomic E-state index is 0.212. The molecule has 0 amide bonds. The number of hydrogen-bond acceptors (Lipinski definition) is 3. The van der Waals surface area contributed by atoms with Gasteiger partial charge in [-0.05, 0) is 53.1 Å². The number of anilines is 3. The van der Waals surface area contributed by atoms with E-state index in [-0.39, 0.29) is 5.92 Å². The zero-order valence-corrected chi connectivity index (χ0v) is 17.8. The minimum Gasteiger partial charge on any atom is -0.378 e. The Morgan fingerprint density at radius 2 is 0.607 bits per heavy atom. The topological polar surface area (TPSA) is 9.72 Å². The average Bonchev–Trinajstić information content (AvgIpc) is 2.69. The summed E-state index contributed by atoms with van der Waals surface area (Å²) in [5.74, 6) is 0.212. The van der Waals surface area contributed by atoms with Crippen LogP contribution in [0.3, 0.4) is 0 Å². The van der Waals surface area contributed by atoms with Crippen LogP contribution >= 0.6 is 0 Å². The van der Waals surface area contributed by atoms with Gasteiger partial charge < -0.3 is 14.7 Å². The highest BCUT2D eigenvalue weighted by Gasteiger charge is 2.17. The maximum Gasteiger partial charge on any atom is 0.0361 e. The van der Waals surface area contributed by atoms with Crippen LogP contribution < -0.4 is 14.7 Å². The fourth-order valence-electron chi connectivity index (χ4n) is 3.47. The molecule has 0 atom stereocenters. The van der Waals surface area contributed by atoms with Crippen molar-refractivity contribution in [2.45, 2.75) is 5.92 Å². The summed E-state index contributed by atoms with van der Waals surface area (Å²) >= 11 is 0. The van der Waals surface area contributed by atoms with E-state index in [1.54, 1.807) is 0 Å². The van der Waals surface area contributed by atoms with Gasteiger partial charge in [-0.2, -0.15) is 0 Å². The molecular weight excluding hydrogens is 348 g/mol. The van der Waals surface area contributed by atoms with E-state index in [4.69, 9.17) is 0 Å². The van der Waals surface area contributed by atoms with Crippen LogP contribution in [0.1, 0.15) is 22.6 Å². The van der Waals surface area contributed by atoms with Gasteiger partial charge in [0, 0.05) is 65.3 Å². The smallest absolute Gasteiger partial charge is 0.0361 e. The van der Waals surface area contributed by atoms with Gasteiger partial charge in [0.1, 0.15) is 0 Å². The van der Waals surface area contributed by atoms with Crippen LogP contribution in [0.15, 0.2) is 72.8 Å². The molecule has 0 aromatic heterocycles. The van der Waals surface area contributed by atoms with E-state index in [9.17, 15) is 0 Å². The van der Waals surface area contributed by atoms with E-state index in [0.29, 0.717) is 0 Å². The summed E-state index contributed by atoms with van der Waals surface area (Å²) in [5, 5.41) is 0. The first-order valence-corrected chi connectivity index (χ1v) is 9.68. The van der Waals surface area contributed by atoms with Crippen molar-refractivity contribution >= 4 is 17.1 Å². The zero-order valence-electron chi connectivity index (χ0n) is 17.8. The second kappa shape index (κ2) is 8.39. The van der Waals surface area contributed by atoms with Crippen molar-refractivity contribution in [1.29, 1.82) is 0 Å². The lowest BCUT2D eigenvalue weighted by Gasteiger charge is -2.22. The van der Waals surface area contributed by atoms with Gasteiger partial charge in [-0.15, -0.1) is 0 Å². The Bertz CT molecular complexity index is 754. The lowest BCUT2D eigenvalue weighted by Crippen LogP contribution is -2.11. The lowest BCUT2D eigenvalue weighted by molar-refractivity contribution is 0.971. The van der Waals surface area contributed by atoms with Crippen molar-refractivity contribution in [1.82, 2.24) is 0 Å². The highest BCUT2D eigenvalue weighted by molar-refractivity contribution is 5.55. The second-order valence-corrected chi connectivity index (χ2v) is 7.89. The van der Waals surface area contributed by atoms with Crippen LogP contribution in [0.4, 0.5) is 17.1 Å². The van der Waals surface area contributed by atoms with E-state index in [1.165, 1.54) is 33.8 Å². The van der Waals surface area contributed by atoms with Crippen LogP contribution in [0, 0.1) is 0 Å². The van der Waals surface area contributed by atoms with Gasteiger partial charge in [0.05, 0.1) is 0 Å². The number of benzene rings is 3. The molecule has 3 aromatic carbocycles. The number of rotatable bonds is 6. The van der Waals surface area contributed by atoms with Crippen molar-refractivity contribution in [3.05, 3.63) is 89.5 Å². The highest BCUT2D eigenvalue weighted by Crippen LogP contribution is 2.34. The Balaban J connectivity index is 2.04. The van der Waals surface area contributed by atoms with Gasteiger partial charge in [0.15, 0.2) is 0 Å². The van der Waals surface area contributed by atoms with E-state index in [1.807, 2.05) is 0 Å². The molecule has 0 bridgehead atoms. The molecule has 0 fully saturated rings. The molecule has 3 nitrogen and oxygen atoms in total. The summed E-state index contributed by atoms with van der Waals surface area (Å²) < 4.78 is 0. The van der Waals surface area contributed by atoms with Crippen molar-refractivity contribution in [2.24, 2.45) is 0 Å². The van der Waals surface area contributed by atoms with Crippen molar-refractivity contribution in [2.75, 3.05) is 57.0 Å². The van der Waals surface area contributed by atoms with Crippen molar-refractivity contribution in [3.8, 4) is 0 Å². The fourth-order valence-corrected chi connectivity index (χ4v) is 3.47. The summed E-state index contributed by atoms with van der Waals surface area (Å²) in [7, 11) is 12.5. The summed E-state index contributed by atoms with van der Waals surface area (Å²) in [5.41, 5.74) is 7.57. The highest BCUT2D eigenvalue weighted by atomic mass is 15.3. The molecule has 3 aromatic rings. The largest absolute Gasteiger partial charge is 0.378 e. The van der Waals surface area contributed by atoms with Crippen molar-refractivity contribution < 1.29 is 0 Å². The van der Waals surface area contributed by atoms with Crippen LogP contribution in [0.25, 0.3) is 0 Å². The molecule has 0 heterocycles. The summed E-state index contributed by atoms with van der Waals surface area (Å²) in [4.78, 5) is 6.41. The Morgan fingerprint density at radius 1 is 0.393 bits per heavy atom. The lowest BCUT2D eigenvalue weighted by atomic mass is 9.85. The molecule has 0 aliphatic heterocycles. The molecule has 3 rings (SSSR count). The maximum atomic E-state index is 2.25. The molecule has 0 unspecified atom stereocenters. The monoisotopic (exact) mass is 379 g/mol. The third kappa shape index (κ3) is 4.30. The first kappa shape index (κ1) is 19.8. The number of nitrogens with zero attached hydrogens (tertiary/aromatic N) is 3. The molecule has 146 valence electrons. The van der Waals surface area contributed by atoms with E-state index in [2.05, 4.69) is 130 Å². The van der Waals surface area contributed by atoms with Gasteiger partial charge in [0.25, 0.3) is 0 Å². The van der Waals surface area contributed by atoms with Crippen LogP contribution in [0.5, 0.6) is 0 Å². The van der Waals surface area contributed by atoms with Crippen LogP contribution in [0.2, 0.25) is 0 Å². The Kier molecular flexibility index (Phi) is 5.93. The third-order valence-corrected chi connectivity index (χ3v) is 5.23. The molecule has 0 N–H and O–H groups in total. The Morgan fingerprint density at radius 3 is 0.786 bits per heavy atom. The van der Waals surface area contributed by atoms with E-state index < -0.39 is 0 Å². The van der Waals surface area contributed by atoms with Gasteiger partial charge in [-0.3, -0.25) is 0 Å². The van der Waals surface area contributed by atoms with Gasteiger partial charge in [-0.1, -0.05) is 36.4 Å². The van der Waals surface area contributed by atoms with E-state index in [0.717, 1.165) is 0 Å². The molecule has 0 spiro atoms. The van der Waals surface area contributed by atoms with Crippen LogP contribution in [-0.2, 0) is 0 Å². The van der Waals surface area contributed by atoms with Gasteiger partial charge in [-0.25, -0.2) is 0 Å². The molecule has 0 radical (unpaired) electrons. The summed E-state index contributed by atoms with van der Waals surface area (Å²) in [6.07, 6.45) is 0. The van der Waals surface area contributed by atoms with Gasteiger partial charge in [0.2, 0.25) is 0 Å². The summed E-state index contributed by atoms with van der Waals surface area (Å²) in [6, 6.07) is 26.7. The van der Waals surface area contributed by atoms with Gasteiger partial charge >= 0.3 is 0 Å². The maximum absolute atomic E-state index is 2.25. The SMILES string of the molecule is [13CH3]N([13CH3])c1ccc(C(c2ccc(N([13CH3])[13CH3])cc2)c2ccc(N([13CH3])[13CH3])cc2)cc1. The first-order chi connectivity index (χ1) is 13.4. The first-order valence-electron chi connectivity index (χ1n) is 9.68. The molecule has 0 aliphatic rings. The second-order valence-electron chi connectivity index (χ2n) is 7.89. The number of hydrogen-bond donors (Lipinski definition) is 0. The quantitative estimate of drug-likeness (QED) is 0.438. The fraction of sp³-hybridized carbons (Fsp3) is 0.280. The predicted molar refractivity (Wildman–Crippen MR) is 123 cm³/mol. The zero-order chi connectivity index (χ0) is 20.3. The van der Waals surface area contributed by atoms with Crippen molar-refractivity contribution in [3.63, 3.8) is 0 Å². The molecule has 0 saturated carbocycles. The molecular formula is C25H31N3. The van der Waals surface area contributed by atoms with E-state index >= 15 is 0 Å². The Labute approximate surface area is 169 Å². The predicted octanol–water partition coefficient (Wildman–Crippen LogP) is 5.06. The molecule has 3 heteroatoms. The molecule has 0 aliphatic carbocycles. The average molecular weight is 379 g/mol. The molecule has 28 heavy (non-hydrogen) atoms. The van der Waals surface area contributed by atoms with Crippen LogP contribution in [-0.4, -0.2) is 42.3 Å². The minimum atomic E-state index is 0.212. The Hall–Kier alpha value is -2.94. The third-order valence-electron chi connectivity index (χ3n) is 5.23.